The number of morpholine rings is 1. The lowest BCUT2D eigenvalue weighted by Crippen LogP contribution is -2.58. The fraction of sp³-hybridized carbons (Fsp3) is 0.718. The highest BCUT2D eigenvalue weighted by Gasteiger charge is 2.62. The maximum atomic E-state index is 14.5. The number of fused-ring (bicyclic) bond motifs is 3. The molecular formula is C39H56N6O10S. The highest BCUT2D eigenvalue weighted by Crippen LogP contribution is 2.48. The van der Waals surface area contributed by atoms with Crippen molar-refractivity contribution in [3.05, 3.63) is 29.3 Å². The number of hydrogen-bond acceptors (Lipinski definition) is 11. The number of rotatable bonds is 6. The van der Waals surface area contributed by atoms with E-state index in [0.717, 1.165) is 55.6 Å². The fourth-order valence-corrected chi connectivity index (χ4v) is 9.92. The van der Waals surface area contributed by atoms with Gasteiger partial charge in [-0.2, -0.15) is 0 Å². The number of nitrogens with one attached hydrogen (secondary N) is 3. The third kappa shape index (κ3) is 9.03. The van der Waals surface area contributed by atoms with Gasteiger partial charge in [-0.1, -0.05) is 44.2 Å². The van der Waals surface area contributed by atoms with Gasteiger partial charge in [0.1, 0.15) is 29.3 Å². The molecule has 308 valence electrons. The number of amides is 5. The van der Waals surface area contributed by atoms with Gasteiger partial charge in [0, 0.05) is 31.7 Å². The second kappa shape index (κ2) is 16.0. The summed E-state index contributed by atoms with van der Waals surface area (Å²) in [5.41, 5.74) is 0.851. The maximum Gasteiger partial charge on any atom is 0.410 e. The number of carbonyl (C=O) groups excluding carboxylic acids is 5. The smallest absolute Gasteiger partial charge is 0.410 e. The normalized spacial score (nSPS) is 28.8. The monoisotopic (exact) mass is 800 g/mol. The molecule has 3 saturated heterocycles. The minimum Gasteiger partial charge on any atom is -0.444 e. The Morgan fingerprint density at radius 1 is 0.964 bits per heavy atom. The molecule has 1 aromatic carbocycles. The summed E-state index contributed by atoms with van der Waals surface area (Å²) in [6, 6.07) is 3.83. The Kier molecular flexibility index (Phi) is 11.5. The molecule has 0 spiro atoms. The van der Waals surface area contributed by atoms with Gasteiger partial charge >= 0.3 is 12.2 Å². The van der Waals surface area contributed by atoms with E-state index in [1.54, 1.807) is 25.7 Å². The van der Waals surface area contributed by atoms with Gasteiger partial charge in [-0.25, -0.2) is 18.0 Å². The average molecular weight is 801 g/mol. The Hall–Kier alpha value is -4.12. The average Bonchev–Trinajstić information content (AvgIpc) is 4.03. The molecule has 1 aromatic rings. The molecule has 2 saturated carbocycles. The number of hydrogen-bond donors (Lipinski definition) is 3. The number of alkyl carbamates (subject to hydrolysis) is 1. The molecule has 0 aromatic heterocycles. The molecule has 4 heterocycles. The first-order valence-corrected chi connectivity index (χ1v) is 21.8. The van der Waals surface area contributed by atoms with E-state index in [1.165, 1.54) is 4.90 Å². The van der Waals surface area contributed by atoms with E-state index in [9.17, 15) is 32.4 Å². The van der Waals surface area contributed by atoms with E-state index < -0.39 is 74.5 Å². The zero-order valence-corrected chi connectivity index (χ0v) is 33.5. The van der Waals surface area contributed by atoms with E-state index >= 15 is 0 Å². The van der Waals surface area contributed by atoms with E-state index in [0.29, 0.717) is 58.4 Å². The predicted octanol–water partition coefficient (Wildman–Crippen LogP) is 3.07. The number of ether oxygens (including phenoxy) is 3. The van der Waals surface area contributed by atoms with Crippen molar-refractivity contribution in [1.29, 1.82) is 0 Å². The zero-order valence-electron chi connectivity index (χ0n) is 32.7. The Balaban J connectivity index is 1.11. The standard InChI is InChI=1S/C39H56N6O10S/c1-38(2,3)55-36(49)40-30-12-8-6-4-5-7-11-26-21-39(26,35(48)42-56(51,52)28-14-15-28)41-33(46)32-20-27(23-45(32)34(30)47)54-37(50)44-22-25-10-9-13-31(29(25)24-44)43-16-18-53-19-17-43/h9-10,13,26-28,30,32H,4-8,11-12,14-24H2,1-3H3,(H,40,49)(H,41,46)(H,42,48)/t26-,27-,30+,32+,39-/m1/s1. The quantitative estimate of drug-likeness (QED) is 0.383. The van der Waals surface area contributed by atoms with Gasteiger partial charge in [-0.15, -0.1) is 0 Å². The van der Waals surface area contributed by atoms with Crippen molar-refractivity contribution in [2.75, 3.05) is 37.7 Å². The van der Waals surface area contributed by atoms with Gasteiger partial charge in [0.05, 0.1) is 31.6 Å². The van der Waals surface area contributed by atoms with Crippen molar-refractivity contribution < 1.29 is 46.6 Å². The highest BCUT2D eigenvalue weighted by molar-refractivity contribution is 7.91. The molecule has 2 aliphatic carbocycles. The summed E-state index contributed by atoms with van der Waals surface area (Å²) >= 11 is 0. The lowest BCUT2D eigenvalue weighted by Gasteiger charge is -2.30. The Labute approximate surface area is 328 Å². The summed E-state index contributed by atoms with van der Waals surface area (Å²) in [7, 11) is -3.89. The van der Waals surface area contributed by atoms with Crippen LogP contribution in [0.4, 0.5) is 15.3 Å². The Morgan fingerprint density at radius 3 is 2.39 bits per heavy atom. The third-order valence-electron chi connectivity index (χ3n) is 11.8. The van der Waals surface area contributed by atoms with Gasteiger partial charge in [-0.05, 0) is 76.0 Å². The van der Waals surface area contributed by atoms with Crippen LogP contribution in [0.2, 0.25) is 0 Å². The highest BCUT2D eigenvalue weighted by atomic mass is 32.2. The number of carbonyl (C=O) groups is 5. The summed E-state index contributed by atoms with van der Waals surface area (Å²) in [5, 5.41) is 4.99. The molecule has 4 aliphatic heterocycles. The van der Waals surface area contributed by atoms with Crippen LogP contribution in [0, 0.1) is 5.92 Å². The number of sulfonamides is 1. The fourth-order valence-electron chi connectivity index (χ4n) is 8.55. The van der Waals surface area contributed by atoms with Crippen LogP contribution in [0.3, 0.4) is 0 Å². The van der Waals surface area contributed by atoms with Crippen molar-refractivity contribution in [3.63, 3.8) is 0 Å². The molecule has 7 rings (SSSR count). The lowest BCUT2D eigenvalue weighted by atomic mass is 10.0. The Bertz CT molecular complexity index is 1810. The molecule has 5 atom stereocenters. The lowest BCUT2D eigenvalue weighted by molar-refractivity contribution is -0.141. The summed E-state index contributed by atoms with van der Waals surface area (Å²) < 4.78 is 45.0. The molecule has 5 fully saturated rings. The molecule has 3 N–H and O–H groups in total. The number of anilines is 1. The molecule has 0 bridgehead atoms. The topological polar surface area (TPSA) is 193 Å². The molecular weight excluding hydrogens is 745 g/mol. The molecule has 5 amide bonds. The summed E-state index contributed by atoms with van der Waals surface area (Å²) in [6.45, 7) is 8.48. The van der Waals surface area contributed by atoms with E-state index in [-0.39, 0.29) is 25.3 Å². The van der Waals surface area contributed by atoms with Crippen molar-refractivity contribution in [2.45, 2.75) is 139 Å². The second-order valence-corrected chi connectivity index (χ2v) is 19.2. The number of benzene rings is 1. The van der Waals surface area contributed by atoms with Gasteiger partial charge in [0.25, 0.3) is 5.91 Å². The van der Waals surface area contributed by atoms with Crippen LogP contribution in [0.1, 0.15) is 103 Å². The maximum absolute atomic E-state index is 14.5. The first-order chi connectivity index (χ1) is 26.6. The molecule has 16 nitrogen and oxygen atoms in total. The zero-order chi connectivity index (χ0) is 39.8. The summed E-state index contributed by atoms with van der Waals surface area (Å²) in [6.07, 6.45) is 3.80. The van der Waals surface area contributed by atoms with Crippen LogP contribution in [0.5, 0.6) is 0 Å². The molecule has 0 radical (unpaired) electrons. The van der Waals surface area contributed by atoms with Crippen molar-refractivity contribution in [2.24, 2.45) is 5.92 Å². The molecule has 17 heteroatoms. The van der Waals surface area contributed by atoms with Crippen molar-refractivity contribution in [1.82, 2.24) is 25.2 Å². The van der Waals surface area contributed by atoms with E-state index in [4.69, 9.17) is 14.2 Å². The van der Waals surface area contributed by atoms with E-state index in [2.05, 4.69) is 20.3 Å². The minimum absolute atomic E-state index is 0.0506. The summed E-state index contributed by atoms with van der Waals surface area (Å²) in [5.74, 6) is -2.21. The second-order valence-electron chi connectivity index (χ2n) is 17.2. The van der Waals surface area contributed by atoms with Crippen LogP contribution >= 0.6 is 0 Å². The first-order valence-electron chi connectivity index (χ1n) is 20.2. The van der Waals surface area contributed by atoms with Crippen LogP contribution < -0.4 is 20.3 Å². The molecule has 6 aliphatic rings. The van der Waals surface area contributed by atoms with Crippen LogP contribution in [-0.2, 0) is 51.7 Å². The third-order valence-corrected chi connectivity index (χ3v) is 13.6. The van der Waals surface area contributed by atoms with Gasteiger partial charge in [0.2, 0.25) is 21.8 Å². The summed E-state index contributed by atoms with van der Waals surface area (Å²) in [4.78, 5) is 74.5. The minimum atomic E-state index is -3.89. The Morgan fingerprint density at radius 2 is 1.68 bits per heavy atom. The van der Waals surface area contributed by atoms with Gasteiger partial charge in [0.15, 0.2) is 0 Å². The largest absolute Gasteiger partial charge is 0.444 e. The number of nitrogens with zero attached hydrogens (tertiary/aromatic N) is 3. The van der Waals surface area contributed by atoms with Crippen LogP contribution in [0.15, 0.2) is 18.2 Å². The van der Waals surface area contributed by atoms with Crippen LogP contribution in [-0.4, -0.2) is 116 Å². The SMILES string of the molecule is CC(C)(C)OC(=O)N[C@H]1CCCCCCC[C@@H]2C[C@@]2(C(=O)NS(=O)(=O)C2CC2)NC(=O)[C@@H]2C[C@@H](OC(=O)N3Cc4cccc(N5CCOCC5)c4C3)CN2C1=O. The van der Waals surface area contributed by atoms with E-state index in [1.807, 2.05) is 18.2 Å². The molecule has 56 heavy (non-hydrogen) atoms. The van der Waals surface area contributed by atoms with Gasteiger partial charge < -0.3 is 34.6 Å². The first kappa shape index (κ1) is 40.1. The van der Waals surface area contributed by atoms with Crippen LogP contribution in [0.25, 0.3) is 0 Å². The van der Waals surface area contributed by atoms with Crippen molar-refractivity contribution in [3.8, 4) is 0 Å². The van der Waals surface area contributed by atoms with Crippen molar-refractivity contribution >= 4 is 45.6 Å². The van der Waals surface area contributed by atoms with Gasteiger partial charge in [-0.3, -0.25) is 24.0 Å². The predicted molar refractivity (Wildman–Crippen MR) is 204 cm³/mol. The molecule has 0 unspecified atom stereocenters.